The van der Waals surface area contributed by atoms with E-state index in [0.29, 0.717) is 0 Å². The number of rotatable bonds is 0. The van der Waals surface area contributed by atoms with Crippen LogP contribution in [0, 0.1) is 5.92 Å². The standard InChI is InChI=1S/C7H16IN/c1-7-4-5-9(3)8(2)6-7/h7H,4-6H2,1-3H3. The molecule has 56 valence electrons. The molecule has 1 nitrogen and oxygen atoms in total. The summed E-state index contributed by atoms with van der Waals surface area (Å²) in [6, 6.07) is 0. The summed E-state index contributed by atoms with van der Waals surface area (Å²) < 4.78 is 4.14. The van der Waals surface area contributed by atoms with Gasteiger partial charge in [0.15, 0.2) is 0 Å². The van der Waals surface area contributed by atoms with Gasteiger partial charge in [0.25, 0.3) is 0 Å². The third-order valence-corrected chi connectivity index (χ3v) is 7.98. The van der Waals surface area contributed by atoms with Crippen LogP contribution in [0.2, 0.25) is 0 Å². The summed E-state index contributed by atoms with van der Waals surface area (Å²) in [5.74, 6) is 1.02. The molecule has 0 radical (unpaired) electrons. The molecule has 1 rings (SSSR count). The van der Waals surface area contributed by atoms with Gasteiger partial charge in [0.2, 0.25) is 0 Å². The molecule has 0 N–H and O–H groups in total. The van der Waals surface area contributed by atoms with Crippen molar-refractivity contribution in [2.24, 2.45) is 5.92 Å². The van der Waals surface area contributed by atoms with Gasteiger partial charge in [0.1, 0.15) is 0 Å². The van der Waals surface area contributed by atoms with E-state index in [9.17, 15) is 0 Å². The Balaban J connectivity index is 2.35. The molecule has 1 aliphatic heterocycles. The summed E-state index contributed by atoms with van der Waals surface area (Å²) >= 11 is -0.570. The predicted molar refractivity (Wildman–Crippen MR) is 51.2 cm³/mol. The number of nitrogens with zero attached hydrogens (tertiary/aromatic N) is 1. The molecule has 1 saturated heterocycles. The second kappa shape index (κ2) is 3.19. The van der Waals surface area contributed by atoms with Crippen LogP contribution in [-0.2, 0) is 0 Å². The second-order valence-electron chi connectivity index (χ2n) is 2.93. The summed E-state index contributed by atoms with van der Waals surface area (Å²) in [5, 5.41) is 0. The Bertz CT molecular complexity index is 94.9. The molecule has 2 heteroatoms. The zero-order valence-electron chi connectivity index (χ0n) is 6.52. The van der Waals surface area contributed by atoms with E-state index in [1.807, 2.05) is 0 Å². The molecule has 0 bridgehead atoms. The van der Waals surface area contributed by atoms with Crippen LogP contribution >= 0.6 is 20.1 Å². The minimum absolute atomic E-state index is 0.570. The van der Waals surface area contributed by atoms with E-state index in [1.54, 1.807) is 4.43 Å². The summed E-state index contributed by atoms with van der Waals surface area (Å²) in [4.78, 5) is 2.47. The second-order valence-corrected chi connectivity index (χ2v) is 8.63. The van der Waals surface area contributed by atoms with E-state index in [0.717, 1.165) is 5.92 Å². The zero-order valence-corrected chi connectivity index (χ0v) is 8.68. The van der Waals surface area contributed by atoms with Crippen molar-refractivity contribution in [1.82, 2.24) is 3.11 Å². The van der Waals surface area contributed by atoms with Crippen molar-refractivity contribution in [2.75, 3.05) is 23.0 Å². The van der Waals surface area contributed by atoms with Crippen molar-refractivity contribution < 1.29 is 0 Å². The molecular formula is C7H16IN. The average Bonchev–Trinajstić information content (AvgIpc) is 1.80. The normalized spacial score (nSPS) is 35.0. The first-order valence-corrected chi connectivity index (χ1v) is 8.12. The molecule has 0 aromatic rings. The van der Waals surface area contributed by atoms with Gasteiger partial charge >= 0.3 is 65.4 Å². The summed E-state index contributed by atoms with van der Waals surface area (Å²) in [6.07, 6.45) is 1.43. The third-order valence-electron chi connectivity index (χ3n) is 1.91. The molecule has 1 atom stereocenters. The van der Waals surface area contributed by atoms with E-state index in [-0.39, 0.29) is 0 Å². The first kappa shape index (κ1) is 7.79. The predicted octanol–water partition coefficient (Wildman–Crippen LogP) is 2.01. The van der Waals surface area contributed by atoms with Crippen LogP contribution in [0.4, 0.5) is 0 Å². The fourth-order valence-electron chi connectivity index (χ4n) is 1.12. The molecule has 0 spiro atoms. The summed E-state index contributed by atoms with van der Waals surface area (Å²) in [5.41, 5.74) is 0. The Labute approximate surface area is 65.5 Å². The van der Waals surface area contributed by atoms with E-state index in [4.69, 9.17) is 0 Å². The molecule has 1 heterocycles. The van der Waals surface area contributed by atoms with E-state index in [1.165, 1.54) is 13.0 Å². The Kier molecular flexibility index (Phi) is 2.76. The Morgan fingerprint density at radius 3 is 2.67 bits per heavy atom. The van der Waals surface area contributed by atoms with Crippen molar-refractivity contribution in [3.8, 4) is 0 Å². The van der Waals surface area contributed by atoms with Crippen LogP contribution in [0.1, 0.15) is 13.3 Å². The number of hydrogen-bond donors (Lipinski definition) is 0. The molecule has 0 amide bonds. The third kappa shape index (κ3) is 2.08. The molecule has 0 aliphatic carbocycles. The molecule has 0 saturated carbocycles. The van der Waals surface area contributed by atoms with Crippen molar-refractivity contribution in [1.29, 1.82) is 0 Å². The molecule has 9 heavy (non-hydrogen) atoms. The molecule has 1 unspecified atom stereocenters. The van der Waals surface area contributed by atoms with Crippen LogP contribution < -0.4 is 0 Å². The van der Waals surface area contributed by atoms with Gasteiger partial charge in [0, 0.05) is 0 Å². The molecule has 0 aromatic carbocycles. The fourth-order valence-corrected chi connectivity index (χ4v) is 5.51. The van der Waals surface area contributed by atoms with Crippen LogP contribution in [0.15, 0.2) is 0 Å². The van der Waals surface area contributed by atoms with Gasteiger partial charge in [-0.1, -0.05) is 0 Å². The first-order valence-electron chi connectivity index (χ1n) is 3.47. The van der Waals surface area contributed by atoms with Gasteiger partial charge in [0.05, 0.1) is 0 Å². The maximum atomic E-state index is 2.60. The van der Waals surface area contributed by atoms with Gasteiger partial charge in [-0.05, 0) is 0 Å². The van der Waals surface area contributed by atoms with Crippen LogP contribution in [0.25, 0.3) is 0 Å². The Morgan fingerprint density at radius 2 is 2.22 bits per heavy atom. The molecule has 1 fully saturated rings. The topological polar surface area (TPSA) is 3.24 Å². The van der Waals surface area contributed by atoms with Crippen molar-refractivity contribution >= 4 is 20.1 Å². The minimum atomic E-state index is -0.570. The summed E-state index contributed by atoms with van der Waals surface area (Å²) in [7, 11) is 2.29. The number of alkyl halides is 2. The number of hydrogen-bond acceptors (Lipinski definition) is 1. The Morgan fingerprint density at radius 1 is 1.56 bits per heavy atom. The van der Waals surface area contributed by atoms with E-state index < -0.39 is 20.1 Å². The van der Waals surface area contributed by atoms with E-state index >= 15 is 0 Å². The van der Waals surface area contributed by atoms with Crippen LogP contribution in [0.3, 0.4) is 0 Å². The van der Waals surface area contributed by atoms with Crippen molar-refractivity contribution in [2.45, 2.75) is 13.3 Å². The van der Waals surface area contributed by atoms with E-state index in [2.05, 4.69) is 22.0 Å². The first-order chi connectivity index (χ1) is 4.20. The fraction of sp³-hybridized carbons (Fsp3) is 1.00. The number of halogens is 1. The van der Waals surface area contributed by atoms with Gasteiger partial charge in [-0.2, -0.15) is 0 Å². The Hall–Kier alpha value is 0.690. The molecule has 1 aliphatic rings. The van der Waals surface area contributed by atoms with Gasteiger partial charge in [-0.3, -0.25) is 0 Å². The van der Waals surface area contributed by atoms with Crippen molar-refractivity contribution in [3.05, 3.63) is 0 Å². The quantitative estimate of drug-likeness (QED) is 0.356. The van der Waals surface area contributed by atoms with Gasteiger partial charge in [-0.15, -0.1) is 0 Å². The SMILES string of the molecule is CC1CCN(C)I(C)C1. The molecular weight excluding hydrogens is 225 g/mol. The van der Waals surface area contributed by atoms with Gasteiger partial charge in [-0.25, -0.2) is 0 Å². The zero-order chi connectivity index (χ0) is 6.85. The van der Waals surface area contributed by atoms with Crippen molar-refractivity contribution in [3.63, 3.8) is 0 Å². The van der Waals surface area contributed by atoms with Gasteiger partial charge < -0.3 is 0 Å². The average molecular weight is 241 g/mol. The van der Waals surface area contributed by atoms with Crippen LogP contribution in [0.5, 0.6) is 0 Å². The molecule has 0 aromatic heterocycles. The maximum absolute atomic E-state index is 2.60. The monoisotopic (exact) mass is 241 g/mol. The van der Waals surface area contributed by atoms with Crippen LogP contribution in [-0.4, -0.2) is 26.1 Å². The summed E-state index contributed by atoms with van der Waals surface area (Å²) in [6.45, 7) is 3.75.